The van der Waals surface area contributed by atoms with Crippen LogP contribution in [0.5, 0.6) is 0 Å². The Morgan fingerprint density at radius 3 is 2.55 bits per heavy atom. The van der Waals surface area contributed by atoms with Crippen molar-refractivity contribution in [1.29, 1.82) is 0 Å². The van der Waals surface area contributed by atoms with Gasteiger partial charge in [0, 0.05) is 19.0 Å². The Bertz CT molecular complexity index is 906. The fourth-order valence-electron chi connectivity index (χ4n) is 4.21. The molecule has 1 aromatic carbocycles. The van der Waals surface area contributed by atoms with E-state index in [4.69, 9.17) is 0 Å². The summed E-state index contributed by atoms with van der Waals surface area (Å²) >= 11 is 0. The zero-order valence-corrected chi connectivity index (χ0v) is 15.8. The Kier molecular flexibility index (Phi) is 5.04. The highest BCUT2D eigenvalue weighted by Crippen LogP contribution is 2.29. The van der Waals surface area contributed by atoms with Crippen LogP contribution in [-0.4, -0.2) is 46.6 Å². The van der Waals surface area contributed by atoms with Crippen LogP contribution in [0.1, 0.15) is 64.8 Å². The molecule has 1 unspecified atom stereocenters. The van der Waals surface area contributed by atoms with Crippen molar-refractivity contribution in [2.75, 3.05) is 0 Å². The van der Waals surface area contributed by atoms with Crippen LogP contribution in [0.25, 0.3) is 0 Å². The number of hydrogen-bond donors (Lipinski definition) is 3. The molecule has 1 aliphatic carbocycles. The smallest absolute Gasteiger partial charge is 0.315 e. The minimum atomic E-state index is -1.01. The van der Waals surface area contributed by atoms with Gasteiger partial charge in [0.25, 0.3) is 11.8 Å². The van der Waals surface area contributed by atoms with Crippen molar-refractivity contribution in [3.05, 3.63) is 34.9 Å². The lowest BCUT2D eigenvalue weighted by atomic mass is 10.0. The van der Waals surface area contributed by atoms with Crippen molar-refractivity contribution in [2.24, 2.45) is 0 Å². The van der Waals surface area contributed by atoms with Crippen LogP contribution in [0.4, 0.5) is 4.79 Å². The van der Waals surface area contributed by atoms with Gasteiger partial charge >= 0.3 is 6.03 Å². The lowest BCUT2D eigenvalue weighted by Crippen LogP contribution is -2.54. The molecule has 1 saturated carbocycles. The van der Waals surface area contributed by atoms with Gasteiger partial charge in [0.15, 0.2) is 0 Å². The van der Waals surface area contributed by atoms with E-state index in [0.717, 1.165) is 30.6 Å². The van der Waals surface area contributed by atoms with Gasteiger partial charge in [-0.15, -0.1) is 0 Å². The molecule has 9 heteroatoms. The molecule has 152 valence electrons. The summed E-state index contributed by atoms with van der Waals surface area (Å²) in [5.74, 6) is -2.20. The number of carbonyl (C=O) groups excluding carboxylic acids is 5. The first-order chi connectivity index (χ1) is 14.0. The van der Waals surface area contributed by atoms with E-state index in [-0.39, 0.29) is 42.6 Å². The molecule has 0 spiro atoms. The summed E-state index contributed by atoms with van der Waals surface area (Å²) in [7, 11) is 0. The minimum absolute atomic E-state index is 0.0690. The number of benzene rings is 1. The molecular formula is C20H22N4O5. The number of urea groups is 1. The molecule has 2 fully saturated rings. The summed E-state index contributed by atoms with van der Waals surface area (Å²) < 4.78 is 0. The second-order valence-electron chi connectivity index (χ2n) is 7.60. The molecular weight excluding hydrogens is 376 g/mol. The number of amides is 6. The van der Waals surface area contributed by atoms with Gasteiger partial charge in [-0.05, 0) is 30.9 Å². The number of carbonyl (C=O) groups is 5. The highest BCUT2D eigenvalue weighted by atomic mass is 16.2. The normalized spacial score (nSPS) is 21.9. The van der Waals surface area contributed by atoms with Crippen LogP contribution < -0.4 is 16.0 Å². The molecule has 3 aliphatic rings. The van der Waals surface area contributed by atoms with Crippen molar-refractivity contribution in [1.82, 2.24) is 20.9 Å². The van der Waals surface area contributed by atoms with Gasteiger partial charge in [0.1, 0.15) is 6.04 Å². The molecule has 2 aliphatic heterocycles. The maximum atomic E-state index is 13.0. The zero-order valence-electron chi connectivity index (χ0n) is 15.8. The first-order valence-corrected chi connectivity index (χ1v) is 9.83. The second-order valence-corrected chi connectivity index (χ2v) is 7.60. The molecule has 0 radical (unpaired) electrons. The number of nitrogens with one attached hydrogen (secondary N) is 3. The monoisotopic (exact) mass is 398 g/mol. The summed E-state index contributed by atoms with van der Waals surface area (Å²) in [6.45, 7) is 0.0872. The van der Waals surface area contributed by atoms with Crippen molar-refractivity contribution >= 4 is 29.7 Å². The summed E-state index contributed by atoms with van der Waals surface area (Å²) in [5, 5.41) is 7.83. The Hall–Kier alpha value is -3.23. The molecule has 4 rings (SSSR count). The largest absolute Gasteiger partial charge is 0.335 e. The van der Waals surface area contributed by atoms with E-state index in [1.165, 1.54) is 6.07 Å². The number of imide groups is 2. The maximum Gasteiger partial charge on any atom is 0.315 e. The third kappa shape index (κ3) is 3.59. The molecule has 2 heterocycles. The summed E-state index contributed by atoms with van der Waals surface area (Å²) in [5.41, 5.74) is 0.913. The molecule has 0 bridgehead atoms. The van der Waals surface area contributed by atoms with Crippen LogP contribution in [0.15, 0.2) is 18.2 Å². The van der Waals surface area contributed by atoms with Crippen LogP contribution in [0.2, 0.25) is 0 Å². The van der Waals surface area contributed by atoms with Crippen molar-refractivity contribution in [3.8, 4) is 0 Å². The Morgan fingerprint density at radius 1 is 1.07 bits per heavy atom. The van der Waals surface area contributed by atoms with Gasteiger partial charge in [-0.25, -0.2) is 4.79 Å². The van der Waals surface area contributed by atoms with Gasteiger partial charge in [-0.2, -0.15) is 0 Å². The van der Waals surface area contributed by atoms with Crippen molar-refractivity contribution in [2.45, 2.75) is 57.2 Å². The number of rotatable bonds is 4. The standard InChI is InChI=1S/C20H22N4O5/c25-15-9-8-14(17(26)23-15)24-18(27)13-7-3-4-11(16(13)19(24)28)10-21-20(29)22-12-5-1-2-6-12/h3-4,7,12,14H,1-2,5-6,8-10H2,(H2,21,22,29)(H,23,25,26). The second kappa shape index (κ2) is 7.65. The molecule has 9 nitrogen and oxygen atoms in total. The van der Waals surface area contributed by atoms with E-state index in [1.54, 1.807) is 12.1 Å². The lowest BCUT2D eigenvalue weighted by Gasteiger charge is -2.27. The Morgan fingerprint density at radius 2 is 1.83 bits per heavy atom. The van der Waals surface area contributed by atoms with E-state index < -0.39 is 29.7 Å². The molecule has 3 N–H and O–H groups in total. The van der Waals surface area contributed by atoms with Crippen LogP contribution in [0.3, 0.4) is 0 Å². The lowest BCUT2D eigenvalue weighted by molar-refractivity contribution is -0.136. The quantitative estimate of drug-likeness (QED) is 0.648. The van der Waals surface area contributed by atoms with Gasteiger partial charge < -0.3 is 10.6 Å². The fourth-order valence-corrected chi connectivity index (χ4v) is 4.21. The predicted molar refractivity (Wildman–Crippen MR) is 101 cm³/mol. The highest BCUT2D eigenvalue weighted by molar-refractivity contribution is 6.24. The SMILES string of the molecule is O=C1CCC(N2C(=O)c3cccc(CNC(=O)NC4CCCC4)c3C2=O)C(=O)N1. The molecule has 1 aromatic rings. The topological polar surface area (TPSA) is 125 Å². The van der Waals surface area contributed by atoms with Gasteiger partial charge in [-0.3, -0.25) is 29.4 Å². The van der Waals surface area contributed by atoms with Crippen molar-refractivity contribution in [3.63, 3.8) is 0 Å². The molecule has 29 heavy (non-hydrogen) atoms. The maximum absolute atomic E-state index is 13.0. The number of piperidine rings is 1. The zero-order chi connectivity index (χ0) is 20.5. The van der Waals surface area contributed by atoms with E-state index in [1.807, 2.05) is 0 Å². The summed E-state index contributed by atoms with van der Waals surface area (Å²) in [6.07, 6.45) is 4.30. The van der Waals surface area contributed by atoms with Gasteiger partial charge in [-0.1, -0.05) is 25.0 Å². The van der Waals surface area contributed by atoms with E-state index in [9.17, 15) is 24.0 Å². The van der Waals surface area contributed by atoms with E-state index in [2.05, 4.69) is 16.0 Å². The first-order valence-electron chi connectivity index (χ1n) is 9.83. The van der Waals surface area contributed by atoms with Crippen LogP contribution in [-0.2, 0) is 16.1 Å². The van der Waals surface area contributed by atoms with Gasteiger partial charge in [0.2, 0.25) is 11.8 Å². The highest BCUT2D eigenvalue weighted by Gasteiger charge is 2.45. The number of nitrogens with zero attached hydrogens (tertiary/aromatic N) is 1. The molecule has 0 aromatic heterocycles. The Balaban J connectivity index is 1.49. The van der Waals surface area contributed by atoms with E-state index in [0.29, 0.717) is 5.56 Å². The minimum Gasteiger partial charge on any atom is -0.335 e. The average molecular weight is 398 g/mol. The summed E-state index contributed by atoms with van der Waals surface area (Å²) in [6, 6.07) is 3.70. The molecule has 1 saturated heterocycles. The molecule has 1 atom stereocenters. The molecule has 6 amide bonds. The predicted octanol–water partition coefficient (Wildman–Crippen LogP) is 0.830. The van der Waals surface area contributed by atoms with E-state index >= 15 is 0 Å². The third-order valence-electron chi connectivity index (χ3n) is 5.68. The van der Waals surface area contributed by atoms with Gasteiger partial charge in [0.05, 0.1) is 11.1 Å². The average Bonchev–Trinajstić information content (AvgIpc) is 3.28. The van der Waals surface area contributed by atoms with Crippen molar-refractivity contribution < 1.29 is 24.0 Å². The third-order valence-corrected chi connectivity index (χ3v) is 5.68. The number of fused-ring (bicyclic) bond motifs is 1. The Labute approximate surface area is 167 Å². The van der Waals surface area contributed by atoms with Crippen LogP contribution >= 0.6 is 0 Å². The first kappa shape index (κ1) is 19.1. The fraction of sp³-hybridized carbons (Fsp3) is 0.450. The van der Waals surface area contributed by atoms with Crippen LogP contribution in [0, 0.1) is 0 Å². The number of hydrogen-bond acceptors (Lipinski definition) is 5. The summed E-state index contributed by atoms with van der Waals surface area (Å²) in [4.78, 5) is 62.4.